The molecule has 1 aliphatic carbocycles. The zero-order valence-corrected chi connectivity index (χ0v) is 8.93. The molecule has 0 aromatic heterocycles. The van der Waals surface area contributed by atoms with Gasteiger partial charge in [-0.3, -0.25) is 4.79 Å². The van der Waals surface area contributed by atoms with E-state index < -0.39 is 12.1 Å². The summed E-state index contributed by atoms with van der Waals surface area (Å²) in [5.74, 6) is -0.582. The fourth-order valence-corrected chi connectivity index (χ4v) is 1.82. The molecule has 1 aliphatic rings. The van der Waals surface area contributed by atoms with E-state index in [2.05, 4.69) is 4.74 Å². The number of ketones is 1. The van der Waals surface area contributed by atoms with Crippen LogP contribution >= 0.6 is 0 Å². The largest absolute Gasteiger partial charge is 0.573 e. The molecule has 0 amide bonds. The SMILES string of the molecule is COc1cc2c(cc1OC(F)(F)F)CCC2=O. The Kier molecular flexibility index (Phi) is 2.73. The molecule has 0 spiro atoms. The van der Waals surface area contributed by atoms with Crippen LogP contribution in [0.3, 0.4) is 0 Å². The van der Waals surface area contributed by atoms with Crippen molar-refractivity contribution in [3.8, 4) is 11.5 Å². The molecule has 0 atom stereocenters. The second-order valence-corrected chi connectivity index (χ2v) is 3.63. The Morgan fingerprint density at radius 2 is 1.88 bits per heavy atom. The summed E-state index contributed by atoms with van der Waals surface area (Å²) in [4.78, 5) is 11.4. The van der Waals surface area contributed by atoms with Crippen LogP contribution in [0.1, 0.15) is 22.3 Å². The van der Waals surface area contributed by atoms with E-state index in [0.717, 1.165) is 0 Å². The maximum Gasteiger partial charge on any atom is 0.573 e. The molecular formula is C11H9F3O3. The molecule has 1 aromatic rings. The number of carbonyl (C=O) groups excluding carboxylic acids is 1. The van der Waals surface area contributed by atoms with Gasteiger partial charge in [0.2, 0.25) is 0 Å². The van der Waals surface area contributed by atoms with Crippen LogP contribution in [0.5, 0.6) is 11.5 Å². The van der Waals surface area contributed by atoms with E-state index >= 15 is 0 Å². The summed E-state index contributed by atoms with van der Waals surface area (Å²) in [7, 11) is 1.23. The molecule has 0 unspecified atom stereocenters. The van der Waals surface area contributed by atoms with Gasteiger partial charge in [0.1, 0.15) is 0 Å². The van der Waals surface area contributed by atoms with Gasteiger partial charge in [-0.05, 0) is 24.1 Å². The van der Waals surface area contributed by atoms with Gasteiger partial charge in [-0.1, -0.05) is 0 Å². The third kappa shape index (κ3) is 2.35. The minimum Gasteiger partial charge on any atom is -0.493 e. The number of alkyl halides is 3. The molecule has 17 heavy (non-hydrogen) atoms. The summed E-state index contributed by atoms with van der Waals surface area (Å²) < 4.78 is 45.1. The van der Waals surface area contributed by atoms with E-state index in [9.17, 15) is 18.0 Å². The van der Waals surface area contributed by atoms with Crippen molar-refractivity contribution in [1.82, 2.24) is 0 Å². The van der Waals surface area contributed by atoms with Crippen molar-refractivity contribution in [3.05, 3.63) is 23.3 Å². The lowest BCUT2D eigenvalue weighted by Gasteiger charge is -2.13. The molecule has 0 saturated carbocycles. The number of carbonyl (C=O) groups is 1. The molecule has 0 heterocycles. The molecule has 1 aromatic carbocycles. The van der Waals surface area contributed by atoms with Gasteiger partial charge in [-0.15, -0.1) is 13.2 Å². The summed E-state index contributed by atoms with van der Waals surface area (Å²) in [6.07, 6.45) is -4.02. The van der Waals surface area contributed by atoms with Gasteiger partial charge < -0.3 is 9.47 Å². The quantitative estimate of drug-likeness (QED) is 0.804. The minimum atomic E-state index is -4.77. The normalized spacial score (nSPS) is 14.7. The van der Waals surface area contributed by atoms with Gasteiger partial charge in [-0.25, -0.2) is 0 Å². The Morgan fingerprint density at radius 1 is 1.18 bits per heavy atom. The first-order valence-electron chi connectivity index (χ1n) is 4.90. The number of benzene rings is 1. The van der Waals surface area contributed by atoms with Gasteiger partial charge in [0, 0.05) is 12.0 Å². The molecule has 6 heteroatoms. The van der Waals surface area contributed by atoms with E-state index in [1.54, 1.807) is 0 Å². The number of fused-ring (bicyclic) bond motifs is 1. The molecular weight excluding hydrogens is 237 g/mol. The van der Waals surface area contributed by atoms with Crippen LogP contribution in [0.2, 0.25) is 0 Å². The van der Waals surface area contributed by atoms with Crippen LogP contribution in [0, 0.1) is 0 Å². The van der Waals surface area contributed by atoms with Crippen molar-refractivity contribution in [1.29, 1.82) is 0 Å². The van der Waals surface area contributed by atoms with Crippen LogP contribution in [0.15, 0.2) is 12.1 Å². The Balaban J connectivity index is 2.43. The highest BCUT2D eigenvalue weighted by Gasteiger charge is 2.33. The van der Waals surface area contributed by atoms with E-state index in [0.29, 0.717) is 24.0 Å². The standard InChI is InChI=1S/C11H9F3O3/c1-16-9-5-7-6(2-3-8(7)15)4-10(9)17-11(12,13)14/h4-5H,2-3H2,1H3. The van der Waals surface area contributed by atoms with Gasteiger partial charge >= 0.3 is 6.36 Å². The van der Waals surface area contributed by atoms with Crippen molar-refractivity contribution >= 4 is 5.78 Å². The molecule has 92 valence electrons. The summed E-state index contributed by atoms with van der Waals surface area (Å²) >= 11 is 0. The topological polar surface area (TPSA) is 35.5 Å². The number of Topliss-reactive ketones (excluding diaryl/α,β-unsaturated/α-hetero) is 1. The summed E-state index contributed by atoms with van der Waals surface area (Å²) in [5.41, 5.74) is 0.978. The van der Waals surface area contributed by atoms with E-state index in [-0.39, 0.29) is 11.5 Å². The van der Waals surface area contributed by atoms with Crippen molar-refractivity contribution in [2.75, 3.05) is 7.11 Å². The van der Waals surface area contributed by atoms with Gasteiger partial charge in [-0.2, -0.15) is 0 Å². The van der Waals surface area contributed by atoms with Gasteiger partial charge in [0.15, 0.2) is 17.3 Å². The summed E-state index contributed by atoms with van der Waals surface area (Å²) in [6, 6.07) is 2.51. The first-order valence-corrected chi connectivity index (χ1v) is 4.90. The molecule has 0 radical (unpaired) electrons. The average Bonchev–Trinajstić information content (AvgIpc) is 2.56. The van der Waals surface area contributed by atoms with Crippen LogP contribution < -0.4 is 9.47 Å². The number of aryl methyl sites for hydroxylation is 1. The molecule has 0 N–H and O–H groups in total. The zero-order valence-electron chi connectivity index (χ0n) is 8.93. The Labute approximate surface area is 95.1 Å². The number of hydrogen-bond donors (Lipinski definition) is 0. The third-order valence-corrected chi connectivity index (χ3v) is 2.54. The maximum atomic E-state index is 12.1. The highest BCUT2D eigenvalue weighted by molar-refractivity contribution is 6.01. The highest BCUT2D eigenvalue weighted by Crippen LogP contribution is 2.37. The number of rotatable bonds is 2. The van der Waals surface area contributed by atoms with Crippen LogP contribution in [0.25, 0.3) is 0 Å². The van der Waals surface area contributed by atoms with Crippen LogP contribution in [0.4, 0.5) is 13.2 Å². The zero-order chi connectivity index (χ0) is 12.6. The van der Waals surface area contributed by atoms with Crippen molar-refractivity contribution in [3.63, 3.8) is 0 Å². The Hall–Kier alpha value is -1.72. The van der Waals surface area contributed by atoms with Gasteiger partial charge in [0.25, 0.3) is 0 Å². The number of halogens is 3. The highest BCUT2D eigenvalue weighted by atomic mass is 19.4. The first kappa shape index (κ1) is 11.8. The molecule has 2 rings (SSSR count). The van der Waals surface area contributed by atoms with Crippen LogP contribution in [-0.2, 0) is 6.42 Å². The fraction of sp³-hybridized carbons (Fsp3) is 0.364. The molecule has 0 bridgehead atoms. The summed E-state index contributed by atoms with van der Waals surface area (Å²) in [6.45, 7) is 0. The molecule has 0 fully saturated rings. The lowest BCUT2D eigenvalue weighted by molar-refractivity contribution is -0.275. The smallest absolute Gasteiger partial charge is 0.493 e. The van der Waals surface area contributed by atoms with Crippen molar-refractivity contribution in [2.24, 2.45) is 0 Å². The van der Waals surface area contributed by atoms with Crippen molar-refractivity contribution < 1.29 is 27.4 Å². The first-order chi connectivity index (χ1) is 7.90. The molecule has 0 aliphatic heterocycles. The third-order valence-electron chi connectivity index (χ3n) is 2.54. The van der Waals surface area contributed by atoms with E-state index in [1.807, 2.05) is 0 Å². The minimum absolute atomic E-state index is 0.0862. The lowest BCUT2D eigenvalue weighted by Crippen LogP contribution is -2.17. The number of ether oxygens (including phenoxy) is 2. The molecule has 0 saturated heterocycles. The second-order valence-electron chi connectivity index (χ2n) is 3.63. The van der Waals surface area contributed by atoms with Crippen LogP contribution in [-0.4, -0.2) is 19.3 Å². The van der Waals surface area contributed by atoms with Crippen molar-refractivity contribution in [2.45, 2.75) is 19.2 Å². The maximum absolute atomic E-state index is 12.1. The number of hydrogen-bond acceptors (Lipinski definition) is 3. The predicted octanol–water partition coefficient (Wildman–Crippen LogP) is 2.72. The molecule has 3 nitrogen and oxygen atoms in total. The number of methoxy groups -OCH3 is 1. The van der Waals surface area contributed by atoms with E-state index in [1.165, 1.54) is 19.2 Å². The van der Waals surface area contributed by atoms with Gasteiger partial charge in [0.05, 0.1) is 7.11 Å². The Bertz CT molecular complexity index is 466. The lowest BCUT2D eigenvalue weighted by atomic mass is 10.1. The average molecular weight is 246 g/mol. The fourth-order valence-electron chi connectivity index (χ4n) is 1.82. The monoisotopic (exact) mass is 246 g/mol. The summed E-state index contributed by atoms with van der Waals surface area (Å²) in [5, 5.41) is 0. The van der Waals surface area contributed by atoms with E-state index in [4.69, 9.17) is 4.74 Å². The second kappa shape index (κ2) is 3.94. The Morgan fingerprint density at radius 3 is 2.47 bits per heavy atom. The predicted molar refractivity (Wildman–Crippen MR) is 52.3 cm³/mol.